The van der Waals surface area contributed by atoms with Crippen molar-refractivity contribution in [3.63, 3.8) is 0 Å². The molecular formula is C27H27FN6OS. The number of aromatic nitrogens is 4. The molecule has 2 aromatic carbocycles. The lowest BCUT2D eigenvalue weighted by atomic mass is 9.97. The summed E-state index contributed by atoms with van der Waals surface area (Å²) in [4.78, 5) is 24.0. The Morgan fingerprint density at radius 3 is 3.03 bits per heavy atom. The van der Waals surface area contributed by atoms with E-state index in [2.05, 4.69) is 54.9 Å². The van der Waals surface area contributed by atoms with E-state index in [4.69, 9.17) is 0 Å². The average molecular weight is 503 g/mol. The number of hydrogen-bond acceptors (Lipinski definition) is 6. The van der Waals surface area contributed by atoms with E-state index >= 15 is 0 Å². The first-order valence-electron chi connectivity index (χ1n) is 12.0. The predicted octanol–water partition coefficient (Wildman–Crippen LogP) is 5.26. The van der Waals surface area contributed by atoms with E-state index in [1.807, 2.05) is 12.3 Å². The van der Waals surface area contributed by atoms with Crippen LogP contribution in [-0.4, -0.2) is 38.7 Å². The fourth-order valence-electron chi connectivity index (χ4n) is 4.78. The van der Waals surface area contributed by atoms with Crippen LogP contribution in [-0.2, 0) is 11.3 Å². The van der Waals surface area contributed by atoms with Gasteiger partial charge < -0.3 is 10.2 Å². The van der Waals surface area contributed by atoms with Crippen LogP contribution >= 0.6 is 11.3 Å². The monoisotopic (exact) mass is 502 g/mol. The first-order chi connectivity index (χ1) is 17.5. The van der Waals surface area contributed by atoms with Gasteiger partial charge in [0.05, 0.1) is 17.0 Å². The zero-order valence-electron chi connectivity index (χ0n) is 19.8. The molecule has 1 atom stereocenters. The van der Waals surface area contributed by atoms with Crippen molar-refractivity contribution < 1.29 is 10.6 Å². The molecule has 6 rings (SSSR count). The number of benzene rings is 2. The fraction of sp³-hybridized carbons (Fsp3) is 0.259. The van der Waals surface area contributed by atoms with Crippen LogP contribution in [0.1, 0.15) is 25.4 Å². The zero-order chi connectivity index (χ0) is 24.6. The zero-order valence-corrected chi connectivity index (χ0v) is 20.6. The third-order valence-corrected chi connectivity index (χ3v) is 7.69. The highest BCUT2D eigenvalue weighted by Crippen LogP contribution is 2.28. The molecule has 0 unspecified atom stereocenters. The van der Waals surface area contributed by atoms with Gasteiger partial charge in [0.2, 0.25) is 5.91 Å². The summed E-state index contributed by atoms with van der Waals surface area (Å²) in [6, 6.07) is 13.4. The van der Waals surface area contributed by atoms with Crippen LogP contribution in [0.5, 0.6) is 0 Å². The average Bonchev–Trinajstić information content (AvgIpc) is 3.55. The van der Waals surface area contributed by atoms with Gasteiger partial charge in [0.25, 0.3) is 0 Å². The molecule has 1 saturated heterocycles. The van der Waals surface area contributed by atoms with Gasteiger partial charge in [0, 0.05) is 32.0 Å². The number of nitrogens with zero attached hydrogens (tertiary/aromatic N) is 5. The molecule has 1 fully saturated rings. The summed E-state index contributed by atoms with van der Waals surface area (Å²) >= 11 is 1.72. The van der Waals surface area contributed by atoms with E-state index in [-0.39, 0.29) is 19.1 Å². The Labute approximate surface area is 213 Å². The Morgan fingerprint density at radius 2 is 2.14 bits per heavy atom. The second kappa shape index (κ2) is 9.31. The van der Waals surface area contributed by atoms with Gasteiger partial charge in [-0.05, 0) is 72.0 Å². The summed E-state index contributed by atoms with van der Waals surface area (Å²) < 4.78 is 17.0. The maximum Gasteiger partial charge on any atom is 0.225 e. The van der Waals surface area contributed by atoms with Crippen LogP contribution in [0.25, 0.3) is 26.8 Å². The van der Waals surface area contributed by atoms with Crippen LogP contribution in [0.2, 0.25) is 0 Å². The predicted molar refractivity (Wildman–Crippen MR) is 142 cm³/mol. The SMILES string of the molecule is Cc1ccc(-n2cc3c(N4CCC[C@@H](C(=O)NCc5ccc6sccc6c5)C4)ncnc3n2)cc1F.[HH]. The Balaban J connectivity index is 0.00000280. The quantitative estimate of drug-likeness (QED) is 0.355. The molecular weight excluding hydrogens is 475 g/mol. The molecule has 1 amide bonds. The van der Waals surface area contributed by atoms with Crippen molar-refractivity contribution in [2.24, 2.45) is 5.92 Å². The van der Waals surface area contributed by atoms with E-state index in [0.717, 1.165) is 36.2 Å². The first kappa shape index (κ1) is 22.6. The van der Waals surface area contributed by atoms with Gasteiger partial charge in [0.15, 0.2) is 5.65 Å². The lowest BCUT2D eigenvalue weighted by Gasteiger charge is -2.33. The summed E-state index contributed by atoms with van der Waals surface area (Å²) in [5.74, 6) is 0.397. The molecule has 1 N–H and O–H groups in total. The topological polar surface area (TPSA) is 75.9 Å². The summed E-state index contributed by atoms with van der Waals surface area (Å²) in [7, 11) is 0. The van der Waals surface area contributed by atoms with Crippen molar-refractivity contribution in [3.8, 4) is 5.69 Å². The Bertz CT molecular complexity index is 1580. The number of aryl methyl sites for hydroxylation is 1. The number of hydrogen-bond donors (Lipinski definition) is 1. The molecule has 7 nitrogen and oxygen atoms in total. The number of carbonyl (C=O) groups is 1. The normalized spacial score (nSPS) is 16.1. The molecule has 184 valence electrons. The van der Waals surface area contributed by atoms with E-state index in [9.17, 15) is 9.18 Å². The minimum Gasteiger partial charge on any atom is -0.355 e. The number of halogens is 1. The van der Waals surface area contributed by atoms with Gasteiger partial charge in [0.1, 0.15) is 18.0 Å². The summed E-state index contributed by atoms with van der Waals surface area (Å²) in [5.41, 5.74) is 2.84. The van der Waals surface area contributed by atoms with Crippen LogP contribution in [0.15, 0.2) is 60.4 Å². The molecule has 4 heterocycles. The first-order valence-corrected chi connectivity index (χ1v) is 12.9. The molecule has 0 aliphatic carbocycles. The molecule has 1 aliphatic heterocycles. The number of carbonyl (C=O) groups excluding carboxylic acids is 1. The molecule has 0 radical (unpaired) electrons. The van der Waals surface area contributed by atoms with Crippen LogP contribution in [0.4, 0.5) is 10.2 Å². The molecule has 0 saturated carbocycles. The maximum absolute atomic E-state index is 14.1. The third-order valence-electron chi connectivity index (χ3n) is 6.79. The van der Waals surface area contributed by atoms with E-state index in [0.29, 0.717) is 30.0 Å². The van der Waals surface area contributed by atoms with Crippen LogP contribution < -0.4 is 10.2 Å². The highest BCUT2D eigenvalue weighted by Gasteiger charge is 2.28. The highest BCUT2D eigenvalue weighted by atomic mass is 32.1. The summed E-state index contributed by atoms with van der Waals surface area (Å²) in [6.45, 7) is 3.62. The Kier molecular flexibility index (Phi) is 5.85. The van der Waals surface area contributed by atoms with E-state index < -0.39 is 0 Å². The van der Waals surface area contributed by atoms with Gasteiger partial charge in [-0.15, -0.1) is 16.4 Å². The van der Waals surface area contributed by atoms with Gasteiger partial charge >= 0.3 is 0 Å². The minimum absolute atomic E-state index is 0. The third kappa shape index (κ3) is 4.30. The van der Waals surface area contributed by atoms with Gasteiger partial charge in [-0.2, -0.15) is 0 Å². The van der Waals surface area contributed by atoms with Crippen molar-refractivity contribution in [1.29, 1.82) is 0 Å². The van der Waals surface area contributed by atoms with Crippen molar-refractivity contribution in [1.82, 2.24) is 25.1 Å². The van der Waals surface area contributed by atoms with Crippen molar-refractivity contribution in [3.05, 3.63) is 77.3 Å². The lowest BCUT2D eigenvalue weighted by molar-refractivity contribution is -0.125. The molecule has 0 spiro atoms. The number of anilines is 1. The number of fused-ring (bicyclic) bond motifs is 2. The van der Waals surface area contributed by atoms with Crippen LogP contribution in [0.3, 0.4) is 0 Å². The molecule has 36 heavy (non-hydrogen) atoms. The van der Waals surface area contributed by atoms with E-state index in [1.165, 1.54) is 22.5 Å². The summed E-state index contributed by atoms with van der Waals surface area (Å²) in [6.07, 6.45) is 5.05. The maximum atomic E-state index is 14.1. The lowest BCUT2D eigenvalue weighted by Crippen LogP contribution is -2.43. The molecule has 5 aromatic rings. The number of rotatable bonds is 5. The molecule has 0 bridgehead atoms. The number of amides is 1. The summed E-state index contributed by atoms with van der Waals surface area (Å²) in [5, 5.41) is 11.7. The van der Waals surface area contributed by atoms with Crippen molar-refractivity contribution >= 4 is 44.2 Å². The van der Waals surface area contributed by atoms with Gasteiger partial charge in [-0.25, -0.2) is 19.0 Å². The second-order valence-corrected chi connectivity index (χ2v) is 10.2. The Hall–Kier alpha value is -3.85. The minimum atomic E-state index is -0.279. The fourth-order valence-corrected chi connectivity index (χ4v) is 5.55. The second-order valence-electron chi connectivity index (χ2n) is 9.24. The van der Waals surface area contributed by atoms with Gasteiger partial charge in [-0.3, -0.25) is 4.79 Å². The molecule has 3 aromatic heterocycles. The Morgan fingerprint density at radius 1 is 1.22 bits per heavy atom. The largest absolute Gasteiger partial charge is 0.355 e. The molecule has 9 heteroatoms. The highest BCUT2D eigenvalue weighted by molar-refractivity contribution is 7.17. The van der Waals surface area contributed by atoms with E-state index in [1.54, 1.807) is 29.0 Å². The van der Waals surface area contributed by atoms with Crippen molar-refractivity contribution in [2.75, 3.05) is 18.0 Å². The number of thiophene rings is 1. The standard InChI is InChI=1S/C27H25FN6OS.H2/c1-17-4-6-21(12-23(17)28)34-15-22-25(32-34)30-16-31-26(22)33-9-2-3-20(14-33)27(35)29-13-18-5-7-24-19(11-18)8-10-36-24;/h4-8,10-12,15-16,20H,2-3,9,13-14H2,1H3,(H,29,35);1H/t20-;/m1./s1. The van der Waals surface area contributed by atoms with Crippen molar-refractivity contribution in [2.45, 2.75) is 26.3 Å². The molecule has 1 aliphatic rings. The van der Waals surface area contributed by atoms with Gasteiger partial charge in [-0.1, -0.05) is 12.1 Å². The van der Waals surface area contributed by atoms with Crippen LogP contribution in [0, 0.1) is 18.7 Å². The number of nitrogens with one attached hydrogen (secondary N) is 1. The smallest absolute Gasteiger partial charge is 0.225 e. The number of piperidine rings is 1.